The Bertz CT molecular complexity index is 649. The summed E-state index contributed by atoms with van der Waals surface area (Å²) in [5.41, 5.74) is 0.747. The third-order valence-corrected chi connectivity index (χ3v) is 4.30. The number of hydrogen-bond donors (Lipinski definition) is 1. The van der Waals surface area contributed by atoms with Gasteiger partial charge in [0.2, 0.25) is 0 Å². The van der Waals surface area contributed by atoms with Crippen molar-refractivity contribution in [3.8, 4) is 5.75 Å². The van der Waals surface area contributed by atoms with Gasteiger partial charge in [0.1, 0.15) is 17.7 Å². The van der Waals surface area contributed by atoms with Crippen LogP contribution in [0, 0.1) is 5.82 Å². The minimum Gasteiger partial charge on any atom is -0.495 e. The SMILES string of the molecule is COc1cc(Cl)c(C(O)c2cccc(F)c2Br)cc1Cl. The van der Waals surface area contributed by atoms with E-state index in [4.69, 9.17) is 27.9 Å². The summed E-state index contributed by atoms with van der Waals surface area (Å²) in [4.78, 5) is 0. The summed E-state index contributed by atoms with van der Waals surface area (Å²) in [6.07, 6.45) is -1.10. The van der Waals surface area contributed by atoms with Crippen molar-refractivity contribution in [3.63, 3.8) is 0 Å². The van der Waals surface area contributed by atoms with E-state index in [1.54, 1.807) is 6.07 Å². The lowest BCUT2D eigenvalue weighted by Crippen LogP contribution is -2.03. The highest BCUT2D eigenvalue weighted by Gasteiger charge is 2.20. The number of aliphatic hydroxyl groups excluding tert-OH is 1. The second kappa shape index (κ2) is 6.31. The van der Waals surface area contributed by atoms with Gasteiger partial charge >= 0.3 is 0 Å². The van der Waals surface area contributed by atoms with Gasteiger partial charge in [0.15, 0.2) is 0 Å². The van der Waals surface area contributed by atoms with Gasteiger partial charge < -0.3 is 9.84 Å². The van der Waals surface area contributed by atoms with E-state index in [0.29, 0.717) is 21.9 Å². The summed E-state index contributed by atoms with van der Waals surface area (Å²) in [6.45, 7) is 0. The van der Waals surface area contributed by atoms with Gasteiger partial charge in [0.05, 0.1) is 21.6 Å². The van der Waals surface area contributed by atoms with Gasteiger partial charge in [0, 0.05) is 17.2 Å². The predicted molar refractivity (Wildman–Crippen MR) is 81.2 cm³/mol. The van der Waals surface area contributed by atoms with Crippen molar-refractivity contribution in [3.05, 3.63) is 61.8 Å². The van der Waals surface area contributed by atoms with Crippen LogP contribution in [0.4, 0.5) is 4.39 Å². The molecule has 0 aliphatic heterocycles. The van der Waals surface area contributed by atoms with Gasteiger partial charge in [-0.25, -0.2) is 4.39 Å². The van der Waals surface area contributed by atoms with Gasteiger partial charge in [-0.2, -0.15) is 0 Å². The summed E-state index contributed by atoms with van der Waals surface area (Å²) in [5, 5.41) is 11.0. The molecule has 0 amide bonds. The van der Waals surface area contributed by atoms with Gasteiger partial charge in [-0.3, -0.25) is 0 Å². The smallest absolute Gasteiger partial charge is 0.138 e. The first-order valence-corrected chi connectivity index (χ1v) is 7.15. The van der Waals surface area contributed by atoms with Crippen molar-refractivity contribution in [1.29, 1.82) is 0 Å². The first-order valence-electron chi connectivity index (χ1n) is 5.60. The van der Waals surface area contributed by atoms with E-state index in [1.807, 2.05) is 0 Å². The fourth-order valence-corrected chi connectivity index (χ4v) is 2.80. The zero-order chi connectivity index (χ0) is 14.9. The van der Waals surface area contributed by atoms with Crippen LogP contribution in [0.15, 0.2) is 34.8 Å². The van der Waals surface area contributed by atoms with Crippen LogP contribution in [0.5, 0.6) is 5.75 Å². The first-order chi connectivity index (χ1) is 9.45. The van der Waals surface area contributed by atoms with Gasteiger partial charge in [-0.05, 0) is 28.1 Å². The van der Waals surface area contributed by atoms with Crippen molar-refractivity contribution < 1.29 is 14.2 Å². The van der Waals surface area contributed by atoms with E-state index < -0.39 is 11.9 Å². The molecular formula is C14H10BrCl2FO2. The zero-order valence-electron chi connectivity index (χ0n) is 10.3. The van der Waals surface area contributed by atoms with Gasteiger partial charge in [-0.1, -0.05) is 35.3 Å². The third kappa shape index (κ3) is 2.93. The fourth-order valence-electron chi connectivity index (χ4n) is 1.81. The molecule has 2 aromatic rings. The summed E-state index contributed by atoms with van der Waals surface area (Å²) in [5.74, 6) is -0.0526. The maximum Gasteiger partial charge on any atom is 0.138 e. The number of hydrogen-bond acceptors (Lipinski definition) is 2. The molecule has 2 aromatic carbocycles. The highest BCUT2D eigenvalue weighted by Crippen LogP contribution is 2.38. The number of benzene rings is 2. The standard InChI is InChI=1S/C14H10BrCl2FO2/c1-20-12-6-9(16)8(5-10(12)17)14(19)7-3-2-4-11(18)13(7)15/h2-6,14,19H,1H3. The topological polar surface area (TPSA) is 29.5 Å². The Labute approximate surface area is 134 Å². The van der Waals surface area contributed by atoms with Crippen LogP contribution in [0.25, 0.3) is 0 Å². The van der Waals surface area contributed by atoms with Gasteiger partial charge in [-0.15, -0.1) is 0 Å². The highest BCUT2D eigenvalue weighted by molar-refractivity contribution is 9.10. The second-order valence-corrected chi connectivity index (χ2v) is 5.66. The van der Waals surface area contributed by atoms with E-state index in [9.17, 15) is 9.50 Å². The molecule has 0 fully saturated rings. The molecule has 1 unspecified atom stereocenters. The highest BCUT2D eigenvalue weighted by atomic mass is 79.9. The monoisotopic (exact) mass is 378 g/mol. The van der Waals surface area contributed by atoms with E-state index in [-0.39, 0.29) is 9.50 Å². The molecule has 0 heterocycles. The number of rotatable bonds is 3. The molecular weight excluding hydrogens is 370 g/mol. The van der Waals surface area contributed by atoms with Crippen LogP contribution >= 0.6 is 39.1 Å². The summed E-state index contributed by atoms with van der Waals surface area (Å²) >= 11 is 15.2. The first kappa shape index (κ1) is 15.6. The van der Waals surface area contributed by atoms with Crippen LogP contribution in [0.2, 0.25) is 10.0 Å². The third-order valence-electron chi connectivity index (χ3n) is 2.84. The van der Waals surface area contributed by atoms with Gasteiger partial charge in [0.25, 0.3) is 0 Å². The van der Waals surface area contributed by atoms with E-state index in [2.05, 4.69) is 15.9 Å². The van der Waals surface area contributed by atoms with Crippen molar-refractivity contribution >= 4 is 39.1 Å². The number of ether oxygens (including phenoxy) is 1. The quantitative estimate of drug-likeness (QED) is 0.814. The Balaban J connectivity index is 2.51. The molecule has 0 spiro atoms. The molecule has 0 radical (unpaired) electrons. The molecule has 0 saturated carbocycles. The minimum atomic E-state index is -1.10. The van der Waals surface area contributed by atoms with Crippen molar-refractivity contribution in [1.82, 2.24) is 0 Å². The molecule has 20 heavy (non-hydrogen) atoms. The summed E-state index contributed by atoms with van der Waals surface area (Å²) in [6, 6.07) is 7.42. The molecule has 2 nitrogen and oxygen atoms in total. The number of aliphatic hydroxyl groups is 1. The molecule has 6 heteroatoms. The van der Waals surface area contributed by atoms with Crippen molar-refractivity contribution in [2.75, 3.05) is 7.11 Å². The number of methoxy groups -OCH3 is 1. The summed E-state index contributed by atoms with van der Waals surface area (Å²) in [7, 11) is 1.47. The predicted octanol–water partition coefficient (Wildman–Crippen LogP) is 4.99. The Morgan fingerprint density at radius 3 is 2.55 bits per heavy atom. The Morgan fingerprint density at radius 1 is 1.20 bits per heavy atom. The fraction of sp³-hybridized carbons (Fsp3) is 0.143. The molecule has 0 bridgehead atoms. The van der Waals surface area contributed by atoms with Crippen LogP contribution in [-0.2, 0) is 0 Å². The maximum atomic E-state index is 13.5. The van der Waals surface area contributed by atoms with Crippen molar-refractivity contribution in [2.24, 2.45) is 0 Å². The Hall–Kier alpha value is -0.810. The molecule has 0 saturated heterocycles. The van der Waals surface area contributed by atoms with E-state index >= 15 is 0 Å². The lowest BCUT2D eigenvalue weighted by molar-refractivity contribution is 0.219. The van der Waals surface area contributed by atoms with Crippen LogP contribution in [-0.4, -0.2) is 12.2 Å². The molecule has 106 valence electrons. The minimum absolute atomic E-state index is 0.190. The van der Waals surface area contributed by atoms with E-state index in [1.165, 1.54) is 31.4 Å². The average molecular weight is 380 g/mol. The average Bonchev–Trinajstić information content (AvgIpc) is 2.43. The normalized spacial score (nSPS) is 12.3. The molecule has 0 aliphatic rings. The molecule has 2 rings (SSSR count). The number of halogens is 4. The summed E-state index contributed by atoms with van der Waals surface area (Å²) < 4.78 is 18.7. The second-order valence-electron chi connectivity index (χ2n) is 4.05. The van der Waals surface area contributed by atoms with Crippen LogP contribution in [0.1, 0.15) is 17.2 Å². The molecule has 0 aliphatic carbocycles. The molecule has 1 N–H and O–H groups in total. The maximum absolute atomic E-state index is 13.5. The Kier molecular flexibility index (Phi) is 4.91. The lowest BCUT2D eigenvalue weighted by Gasteiger charge is -2.16. The zero-order valence-corrected chi connectivity index (χ0v) is 13.4. The van der Waals surface area contributed by atoms with Crippen LogP contribution in [0.3, 0.4) is 0 Å². The molecule has 0 aromatic heterocycles. The van der Waals surface area contributed by atoms with E-state index in [0.717, 1.165) is 0 Å². The Morgan fingerprint density at radius 2 is 1.90 bits per heavy atom. The van der Waals surface area contributed by atoms with Crippen molar-refractivity contribution in [2.45, 2.75) is 6.10 Å². The largest absolute Gasteiger partial charge is 0.495 e. The lowest BCUT2D eigenvalue weighted by atomic mass is 10.0. The van der Waals surface area contributed by atoms with Crippen LogP contribution < -0.4 is 4.74 Å². The molecule has 1 atom stereocenters.